The number of alkyl halides is 4. The number of rotatable bonds is 6. The molecule has 0 aliphatic heterocycles. The summed E-state index contributed by atoms with van der Waals surface area (Å²) in [6.45, 7) is 0.341. The first-order chi connectivity index (χ1) is 8.68. The summed E-state index contributed by atoms with van der Waals surface area (Å²) in [6.07, 6.45) is -1.80. The molecule has 114 valence electrons. The van der Waals surface area contributed by atoms with Crippen LogP contribution in [0.1, 0.15) is 38.5 Å². The van der Waals surface area contributed by atoms with Crippen LogP contribution in [-0.2, 0) is 10.0 Å². The highest BCUT2D eigenvalue weighted by Crippen LogP contribution is 2.28. The molecule has 1 aliphatic carbocycles. The van der Waals surface area contributed by atoms with Crippen LogP contribution in [-0.4, -0.2) is 31.7 Å². The lowest BCUT2D eigenvalue weighted by Gasteiger charge is -2.25. The highest BCUT2D eigenvalue weighted by Gasteiger charge is 2.27. The van der Waals surface area contributed by atoms with Crippen molar-refractivity contribution in [3.05, 3.63) is 0 Å². The molecule has 1 fully saturated rings. The summed E-state index contributed by atoms with van der Waals surface area (Å²) in [5, 5.41) is 0. The fourth-order valence-corrected chi connectivity index (χ4v) is 3.79. The highest BCUT2D eigenvalue weighted by atomic mass is 79.9. The predicted molar refractivity (Wildman–Crippen MR) is 71.8 cm³/mol. The van der Waals surface area contributed by atoms with Gasteiger partial charge in [0.1, 0.15) is 0 Å². The van der Waals surface area contributed by atoms with Crippen LogP contribution in [0.4, 0.5) is 13.2 Å². The van der Waals surface area contributed by atoms with E-state index in [1.165, 1.54) is 0 Å². The molecule has 0 radical (unpaired) electrons. The molecule has 0 spiro atoms. The third kappa shape index (κ3) is 8.14. The van der Waals surface area contributed by atoms with Crippen LogP contribution in [0, 0.1) is 5.92 Å². The molecule has 0 amide bonds. The van der Waals surface area contributed by atoms with Gasteiger partial charge in [-0.25, -0.2) is 13.1 Å². The van der Waals surface area contributed by atoms with Gasteiger partial charge in [-0.2, -0.15) is 13.2 Å². The zero-order valence-electron chi connectivity index (χ0n) is 10.5. The largest absolute Gasteiger partial charge is 0.389 e. The Hall–Kier alpha value is 0.180. The minimum absolute atomic E-state index is 0.297. The van der Waals surface area contributed by atoms with E-state index in [0.717, 1.165) is 25.7 Å². The molecule has 0 heterocycles. The lowest BCUT2D eigenvalue weighted by atomic mass is 9.89. The molecular formula is C11H19BrF3NO2S. The summed E-state index contributed by atoms with van der Waals surface area (Å²) in [4.78, 5) is 0.507. The Morgan fingerprint density at radius 1 is 1.16 bits per heavy atom. The van der Waals surface area contributed by atoms with Crippen LogP contribution in [0.5, 0.6) is 0 Å². The molecule has 19 heavy (non-hydrogen) atoms. The van der Waals surface area contributed by atoms with Crippen LogP contribution in [0.2, 0.25) is 0 Å². The zero-order valence-corrected chi connectivity index (χ0v) is 13.0. The molecule has 0 aromatic rings. The van der Waals surface area contributed by atoms with Gasteiger partial charge in [0.2, 0.25) is 10.0 Å². The maximum absolute atomic E-state index is 11.9. The second-order valence-corrected chi connectivity index (χ2v) is 8.23. The third-order valence-electron chi connectivity index (χ3n) is 3.24. The molecule has 8 heteroatoms. The fourth-order valence-electron chi connectivity index (χ4n) is 2.11. The molecule has 1 aliphatic rings. The molecule has 0 saturated heterocycles. The monoisotopic (exact) mass is 365 g/mol. The Labute approximate surface area is 120 Å². The van der Waals surface area contributed by atoms with Crippen LogP contribution >= 0.6 is 15.9 Å². The van der Waals surface area contributed by atoms with E-state index in [1.54, 1.807) is 0 Å². The maximum Gasteiger partial charge on any atom is 0.389 e. The molecule has 3 nitrogen and oxygen atoms in total. The molecule has 1 N–H and O–H groups in total. The maximum atomic E-state index is 11.9. The van der Waals surface area contributed by atoms with Crippen molar-refractivity contribution in [2.75, 3.05) is 12.3 Å². The first-order valence-electron chi connectivity index (χ1n) is 6.36. The third-order valence-corrected chi connectivity index (χ3v) is 5.59. The SMILES string of the molecule is O=S(=O)(CCCC(F)(F)F)NCC1CCC(Br)CC1. The van der Waals surface area contributed by atoms with Gasteiger partial charge in [-0.15, -0.1) is 0 Å². The second-order valence-electron chi connectivity index (χ2n) is 5.00. The van der Waals surface area contributed by atoms with E-state index in [-0.39, 0.29) is 6.42 Å². The minimum atomic E-state index is -4.29. The van der Waals surface area contributed by atoms with Crippen molar-refractivity contribution < 1.29 is 21.6 Å². The Morgan fingerprint density at radius 2 is 1.74 bits per heavy atom. The first kappa shape index (κ1) is 17.2. The number of hydrogen-bond acceptors (Lipinski definition) is 2. The van der Waals surface area contributed by atoms with Gasteiger partial charge >= 0.3 is 6.18 Å². The Morgan fingerprint density at radius 3 is 2.26 bits per heavy atom. The Bertz CT molecular complexity index is 365. The summed E-state index contributed by atoms with van der Waals surface area (Å²) in [7, 11) is -3.58. The summed E-state index contributed by atoms with van der Waals surface area (Å²) in [5.41, 5.74) is 0. The quantitative estimate of drug-likeness (QED) is 0.734. The van der Waals surface area contributed by atoms with Gasteiger partial charge in [0, 0.05) is 17.8 Å². The standard InChI is InChI=1S/C11H19BrF3NO2S/c12-10-4-2-9(3-5-10)8-16-19(17,18)7-1-6-11(13,14)15/h9-10,16H,1-8H2. The predicted octanol–water partition coefficient (Wildman–Crippen LogP) is 3.20. The molecule has 0 bridgehead atoms. The van der Waals surface area contributed by atoms with Gasteiger partial charge in [0.15, 0.2) is 0 Å². The van der Waals surface area contributed by atoms with Crippen molar-refractivity contribution in [1.29, 1.82) is 0 Å². The van der Waals surface area contributed by atoms with Crippen molar-refractivity contribution in [3.63, 3.8) is 0 Å². The van der Waals surface area contributed by atoms with Crippen molar-refractivity contribution in [2.45, 2.75) is 49.5 Å². The van der Waals surface area contributed by atoms with Crippen molar-refractivity contribution in [2.24, 2.45) is 5.92 Å². The number of halogens is 4. The van der Waals surface area contributed by atoms with Gasteiger partial charge < -0.3 is 0 Å². The minimum Gasteiger partial charge on any atom is -0.215 e. The van der Waals surface area contributed by atoms with Crippen LogP contribution < -0.4 is 4.72 Å². The van der Waals surface area contributed by atoms with Gasteiger partial charge in [-0.3, -0.25) is 0 Å². The summed E-state index contributed by atoms with van der Waals surface area (Å²) in [5.74, 6) is -0.161. The Balaban J connectivity index is 2.23. The van der Waals surface area contributed by atoms with E-state index in [1.807, 2.05) is 0 Å². The van der Waals surface area contributed by atoms with E-state index in [9.17, 15) is 21.6 Å². The molecule has 0 aromatic heterocycles. The van der Waals surface area contributed by atoms with Crippen molar-refractivity contribution >= 4 is 26.0 Å². The molecule has 1 rings (SSSR count). The molecule has 0 atom stereocenters. The molecular weight excluding hydrogens is 347 g/mol. The van der Waals surface area contributed by atoms with Crippen LogP contribution in [0.15, 0.2) is 0 Å². The van der Waals surface area contributed by atoms with Gasteiger partial charge in [0.25, 0.3) is 0 Å². The zero-order chi connectivity index (χ0) is 14.5. The number of sulfonamides is 1. The Kier molecular flexibility index (Phi) is 6.59. The average Bonchev–Trinajstić information content (AvgIpc) is 2.26. The van der Waals surface area contributed by atoms with Crippen molar-refractivity contribution in [3.8, 4) is 0 Å². The lowest BCUT2D eigenvalue weighted by molar-refractivity contribution is -0.134. The molecule has 0 aromatic carbocycles. The summed E-state index contributed by atoms with van der Waals surface area (Å²) in [6, 6.07) is 0. The number of nitrogens with one attached hydrogen (secondary N) is 1. The summed E-state index contributed by atoms with van der Waals surface area (Å²) < 4.78 is 61.3. The van der Waals surface area contributed by atoms with Crippen LogP contribution in [0.3, 0.4) is 0 Å². The van der Waals surface area contributed by atoms with E-state index < -0.39 is 28.4 Å². The smallest absolute Gasteiger partial charge is 0.215 e. The first-order valence-corrected chi connectivity index (χ1v) is 8.93. The highest BCUT2D eigenvalue weighted by molar-refractivity contribution is 9.09. The molecule has 1 saturated carbocycles. The van der Waals surface area contributed by atoms with Gasteiger partial charge in [-0.05, 0) is 38.0 Å². The van der Waals surface area contributed by atoms with Gasteiger partial charge in [-0.1, -0.05) is 15.9 Å². The van der Waals surface area contributed by atoms with Gasteiger partial charge in [0.05, 0.1) is 5.75 Å². The summed E-state index contributed by atoms with van der Waals surface area (Å²) >= 11 is 3.51. The normalized spacial score (nSPS) is 25.5. The van der Waals surface area contributed by atoms with E-state index >= 15 is 0 Å². The van der Waals surface area contributed by atoms with Crippen molar-refractivity contribution in [1.82, 2.24) is 4.72 Å². The van der Waals surface area contributed by atoms with E-state index in [2.05, 4.69) is 20.7 Å². The fraction of sp³-hybridized carbons (Fsp3) is 1.00. The number of hydrogen-bond donors (Lipinski definition) is 1. The van der Waals surface area contributed by atoms with Crippen LogP contribution in [0.25, 0.3) is 0 Å². The second kappa shape index (κ2) is 7.26. The lowest BCUT2D eigenvalue weighted by Crippen LogP contribution is -2.33. The average molecular weight is 366 g/mol. The topological polar surface area (TPSA) is 46.2 Å². The molecule has 0 unspecified atom stereocenters. The van der Waals surface area contributed by atoms with E-state index in [0.29, 0.717) is 17.3 Å². The van der Waals surface area contributed by atoms with E-state index in [4.69, 9.17) is 0 Å².